The highest BCUT2D eigenvalue weighted by Crippen LogP contribution is 2.64. The Balaban J connectivity index is 1.29. The van der Waals surface area contributed by atoms with E-state index in [0.29, 0.717) is 0 Å². The van der Waals surface area contributed by atoms with Crippen LogP contribution in [0.1, 0.15) is 27.8 Å². The second kappa shape index (κ2) is 10.8. The van der Waals surface area contributed by atoms with E-state index in [4.69, 9.17) is 4.74 Å². The summed E-state index contributed by atoms with van der Waals surface area (Å²) in [5.74, 6) is 1.74. The normalized spacial score (nSPS) is 15.7. The van der Waals surface area contributed by atoms with E-state index in [1.165, 1.54) is 44.2 Å². The van der Waals surface area contributed by atoms with E-state index in [1.54, 1.807) is 0 Å². The van der Waals surface area contributed by atoms with Crippen molar-refractivity contribution in [1.29, 1.82) is 0 Å². The number of fused-ring (bicyclic) bond motifs is 12. The molecule has 0 bridgehead atoms. The van der Waals surface area contributed by atoms with Crippen LogP contribution in [-0.2, 0) is 5.41 Å². The molecule has 7 aromatic carbocycles. The molecular weight excluding hydrogens is 633 g/mol. The molecular formula is C49H32N2O. The zero-order valence-corrected chi connectivity index (χ0v) is 28.3. The van der Waals surface area contributed by atoms with Gasteiger partial charge in [-0.25, -0.2) is 0 Å². The Bertz CT molecular complexity index is 2810. The number of anilines is 2. The van der Waals surface area contributed by atoms with Crippen molar-refractivity contribution >= 4 is 44.3 Å². The number of rotatable bonds is 2. The summed E-state index contributed by atoms with van der Waals surface area (Å²) in [6.45, 7) is 4.60. The Labute approximate surface area is 302 Å². The van der Waals surface area contributed by atoms with Crippen molar-refractivity contribution in [1.82, 2.24) is 4.57 Å². The molecule has 0 saturated carbocycles. The van der Waals surface area contributed by atoms with Crippen molar-refractivity contribution in [3.8, 4) is 17.2 Å². The third kappa shape index (κ3) is 3.80. The number of benzene rings is 7. The van der Waals surface area contributed by atoms with Crippen molar-refractivity contribution < 1.29 is 4.74 Å². The average Bonchev–Trinajstić information content (AvgIpc) is 3.67. The molecule has 52 heavy (non-hydrogen) atoms. The number of nitrogens with zero attached hydrogens (tertiary/aromatic N) is 2. The summed E-state index contributed by atoms with van der Waals surface area (Å²) in [4.78, 5) is 2.52. The molecule has 0 amide bonds. The Morgan fingerprint density at radius 2 is 1.10 bits per heavy atom. The van der Waals surface area contributed by atoms with Crippen molar-refractivity contribution in [2.75, 3.05) is 4.90 Å². The van der Waals surface area contributed by atoms with E-state index in [1.807, 2.05) is 0 Å². The summed E-state index contributed by atoms with van der Waals surface area (Å²) in [5.41, 5.74) is 14.1. The van der Waals surface area contributed by atoms with Crippen molar-refractivity contribution in [3.05, 3.63) is 222 Å². The van der Waals surface area contributed by atoms with Crippen molar-refractivity contribution in [3.63, 3.8) is 0 Å². The second-order valence-corrected chi connectivity index (χ2v) is 13.8. The van der Waals surface area contributed by atoms with E-state index in [0.717, 1.165) is 50.8 Å². The molecule has 0 atom stereocenters. The van der Waals surface area contributed by atoms with Crippen LogP contribution >= 0.6 is 0 Å². The molecule has 1 aliphatic carbocycles. The summed E-state index contributed by atoms with van der Waals surface area (Å²) in [7, 11) is 0. The fraction of sp³-hybridized carbons (Fsp3) is 0.0204. The van der Waals surface area contributed by atoms with Gasteiger partial charge in [-0.15, -0.1) is 0 Å². The highest BCUT2D eigenvalue weighted by atomic mass is 16.5. The van der Waals surface area contributed by atoms with Gasteiger partial charge in [-0.05, 0) is 71.3 Å². The van der Waals surface area contributed by atoms with Gasteiger partial charge in [-0.3, -0.25) is 0 Å². The van der Waals surface area contributed by atoms with Gasteiger partial charge in [0.2, 0.25) is 0 Å². The van der Waals surface area contributed by atoms with Gasteiger partial charge in [0.15, 0.2) is 0 Å². The zero-order valence-electron chi connectivity index (χ0n) is 28.3. The lowest BCUT2D eigenvalue weighted by Gasteiger charge is -2.45. The molecule has 2 aliphatic heterocycles. The van der Waals surface area contributed by atoms with Crippen LogP contribution in [-0.4, -0.2) is 4.57 Å². The monoisotopic (exact) mass is 664 g/mol. The Kier molecular flexibility index (Phi) is 6.03. The molecule has 8 aromatic rings. The first-order valence-electron chi connectivity index (χ1n) is 17.8. The van der Waals surface area contributed by atoms with Crippen molar-refractivity contribution in [2.45, 2.75) is 5.41 Å². The third-order valence-corrected chi connectivity index (χ3v) is 11.1. The lowest BCUT2D eigenvalue weighted by molar-refractivity contribution is 0.433. The van der Waals surface area contributed by atoms with Gasteiger partial charge in [-0.1, -0.05) is 134 Å². The quantitative estimate of drug-likeness (QED) is 0.183. The van der Waals surface area contributed by atoms with Crippen LogP contribution in [0, 0.1) is 0 Å². The molecule has 244 valence electrons. The maximum absolute atomic E-state index is 6.72. The van der Waals surface area contributed by atoms with E-state index in [-0.39, 0.29) is 0 Å². The predicted molar refractivity (Wildman–Crippen MR) is 214 cm³/mol. The predicted octanol–water partition coefficient (Wildman–Crippen LogP) is 12.4. The standard InChI is InChI=1S/C49H32N2O/c1-32-27-29-38-36-18-5-8-20-40(36)49(41-21-9-13-25-46(41)52-47-26-14-10-22-42(47)49)48(38)51(43-23-11-6-17-35(32)43)34-28-30-45-39(31-34)37-19-7-12-24-44(37)50(45)33-15-3-2-4-16-33/h2-31H,1H2/b29-27-. The Morgan fingerprint density at radius 1 is 0.481 bits per heavy atom. The molecule has 0 fully saturated rings. The molecule has 11 rings (SSSR count). The van der Waals surface area contributed by atoms with Crippen LogP contribution in [0.3, 0.4) is 0 Å². The van der Waals surface area contributed by atoms with Gasteiger partial charge >= 0.3 is 0 Å². The van der Waals surface area contributed by atoms with Crippen LogP contribution in [0.15, 0.2) is 194 Å². The summed E-state index contributed by atoms with van der Waals surface area (Å²) in [6.07, 6.45) is 4.48. The molecule has 1 aromatic heterocycles. The average molecular weight is 665 g/mol. The molecule has 0 unspecified atom stereocenters. The highest BCUT2D eigenvalue weighted by molar-refractivity contribution is 6.11. The minimum Gasteiger partial charge on any atom is -0.457 e. The number of hydrogen-bond acceptors (Lipinski definition) is 2. The minimum absolute atomic E-state index is 0.680. The number of allylic oxidation sites excluding steroid dienone is 5. The van der Waals surface area contributed by atoms with E-state index < -0.39 is 5.41 Å². The molecule has 3 heteroatoms. The Morgan fingerprint density at radius 3 is 1.88 bits per heavy atom. The lowest BCUT2D eigenvalue weighted by atomic mass is 9.66. The lowest BCUT2D eigenvalue weighted by Crippen LogP contribution is -2.39. The fourth-order valence-corrected chi connectivity index (χ4v) is 9.06. The molecule has 0 saturated heterocycles. The van der Waals surface area contributed by atoms with Gasteiger partial charge in [0.05, 0.1) is 27.8 Å². The summed E-state index contributed by atoms with van der Waals surface area (Å²) >= 11 is 0. The van der Waals surface area contributed by atoms with Gasteiger partial charge in [0.1, 0.15) is 11.5 Å². The van der Waals surface area contributed by atoms with Crippen molar-refractivity contribution in [2.24, 2.45) is 0 Å². The maximum Gasteiger partial charge on any atom is 0.132 e. The van der Waals surface area contributed by atoms with Crippen LogP contribution in [0.2, 0.25) is 0 Å². The van der Waals surface area contributed by atoms with E-state index in [9.17, 15) is 0 Å². The number of para-hydroxylation sites is 5. The van der Waals surface area contributed by atoms with Gasteiger partial charge in [0, 0.05) is 44.4 Å². The molecule has 3 heterocycles. The molecule has 0 radical (unpaired) electrons. The largest absolute Gasteiger partial charge is 0.457 e. The third-order valence-electron chi connectivity index (χ3n) is 11.1. The molecule has 3 aliphatic rings. The summed E-state index contributed by atoms with van der Waals surface area (Å²) < 4.78 is 9.09. The van der Waals surface area contributed by atoms with E-state index >= 15 is 0 Å². The first-order chi connectivity index (χ1) is 25.7. The van der Waals surface area contributed by atoms with Crippen LogP contribution in [0.25, 0.3) is 38.6 Å². The second-order valence-electron chi connectivity index (χ2n) is 13.8. The Hall–Kier alpha value is -6.84. The summed E-state index contributed by atoms with van der Waals surface area (Å²) in [5, 5.41) is 2.42. The topological polar surface area (TPSA) is 17.4 Å². The molecule has 0 N–H and O–H groups in total. The summed E-state index contributed by atoms with van der Waals surface area (Å²) in [6, 6.07) is 61.1. The number of ether oxygens (including phenoxy) is 1. The minimum atomic E-state index is -0.680. The number of aromatic nitrogens is 1. The maximum atomic E-state index is 6.72. The molecule has 3 nitrogen and oxygen atoms in total. The van der Waals surface area contributed by atoms with Crippen LogP contribution in [0.5, 0.6) is 11.5 Å². The first-order valence-corrected chi connectivity index (χ1v) is 17.8. The van der Waals surface area contributed by atoms with Gasteiger partial charge in [-0.2, -0.15) is 0 Å². The van der Waals surface area contributed by atoms with Crippen LogP contribution in [0.4, 0.5) is 11.4 Å². The number of hydrogen-bond donors (Lipinski definition) is 0. The first kappa shape index (κ1) is 28.9. The van der Waals surface area contributed by atoms with Gasteiger partial charge in [0.25, 0.3) is 0 Å². The van der Waals surface area contributed by atoms with E-state index in [2.05, 4.69) is 198 Å². The van der Waals surface area contributed by atoms with Crippen LogP contribution < -0.4 is 9.64 Å². The zero-order chi connectivity index (χ0) is 34.4. The highest BCUT2D eigenvalue weighted by Gasteiger charge is 2.54. The molecule has 1 spiro atoms. The smallest absolute Gasteiger partial charge is 0.132 e. The van der Waals surface area contributed by atoms with Gasteiger partial charge < -0.3 is 14.2 Å². The fourth-order valence-electron chi connectivity index (χ4n) is 9.06. The SMILES string of the molecule is C=C1/C=C\C2=C(N(c3ccc4c(c3)c3ccccc3n4-c3ccccc3)c3ccccc31)C1(c3ccccc3Oc3ccccc31)c1ccccc12.